The zero-order valence-corrected chi connectivity index (χ0v) is 14.2. The number of allylic oxidation sites excluding steroid dienone is 4. The van der Waals surface area contributed by atoms with E-state index in [9.17, 15) is 0 Å². The van der Waals surface area contributed by atoms with Gasteiger partial charge in [0.2, 0.25) is 0 Å². The van der Waals surface area contributed by atoms with Crippen LogP contribution in [0.3, 0.4) is 0 Å². The predicted octanol–water partition coefficient (Wildman–Crippen LogP) is 5.25. The minimum atomic E-state index is 0.845. The highest BCUT2D eigenvalue weighted by Crippen LogP contribution is 2.29. The highest BCUT2D eigenvalue weighted by Gasteiger charge is 2.08. The van der Waals surface area contributed by atoms with Gasteiger partial charge < -0.3 is 9.47 Å². The van der Waals surface area contributed by atoms with Gasteiger partial charge in [0.25, 0.3) is 0 Å². The van der Waals surface area contributed by atoms with Crippen LogP contribution in [0.5, 0.6) is 11.5 Å². The molecule has 116 valence electrons. The van der Waals surface area contributed by atoms with Crippen molar-refractivity contribution in [3.05, 3.63) is 46.6 Å². The van der Waals surface area contributed by atoms with Crippen molar-refractivity contribution in [2.75, 3.05) is 14.2 Å². The monoisotopic (exact) mass is 288 g/mol. The molecule has 0 aliphatic heterocycles. The van der Waals surface area contributed by atoms with E-state index in [-0.39, 0.29) is 0 Å². The van der Waals surface area contributed by atoms with E-state index in [1.54, 1.807) is 14.2 Å². The van der Waals surface area contributed by atoms with Gasteiger partial charge in [-0.1, -0.05) is 23.3 Å². The molecule has 0 aliphatic rings. The molecule has 0 aromatic heterocycles. The zero-order chi connectivity index (χ0) is 15.8. The van der Waals surface area contributed by atoms with Crippen molar-refractivity contribution in [2.24, 2.45) is 0 Å². The van der Waals surface area contributed by atoms with Crippen molar-refractivity contribution in [3.8, 4) is 11.5 Å². The van der Waals surface area contributed by atoms with Crippen LogP contribution >= 0.6 is 0 Å². The molecule has 0 spiro atoms. The van der Waals surface area contributed by atoms with Crippen molar-refractivity contribution in [3.63, 3.8) is 0 Å². The van der Waals surface area contributed by atoms with E-state index in [0.717, 1.165) is 30.8 Å². The Balaban J connectivity index is 2.80. The van der Waals surface area contributed by atoms with E-state index in [1.807, 2.05) is 6.07 Å². The second kappa shape index (κ2) is 8.56. The Morgan fingerprint density at radius 1 is 1.05 bits per heavy atom. The largest absolute Gasteiger partial charge is 0.497 e. The first kappa shape index (κ1) is 17.4. The van der Waals surface area contributed by atoms with Crippen LogP contribution in [0.15, 0.2) is 35.4 Å². The summed E-state index contributed by atoms with van der Waals surface area (Å²) in [6.45, 7) is 8.59. The van der Waals surface area contributed by atoms with Crippen LogP contribution in [0.1, 0.15) is 44.7 Å². The number of aryl methyl sites for hydroxylation is 1. The van der Waals surface area contributed by atoms with Crippen molar-refractivity contribution in [1.29, 1.82) is 0 Å². The van der Waals surface area contributed by atoms with Crippen LogP contribution in [-0.2, 0) is 6.42 Å². The minimum absolute atomic E-state index is 0.845. The van der Waals surface area contributed by atoms with E-state index in [1.165, 1.54) is 22.3 Å². The molecule has 0 radical (unpaired) electrons. The number of methoxy groups -OCH3 is 2. The summed E-state index contributed by atoms with van der Waals surface area (Å²) in [5.41, 5.74) is 5.25. The van der Waals surface area contributed by atoms with Crippen LogP contribution < -0.4 is 9.47 Å². The summed E-state index contributed by atoms with van der Waals surface area (Å²) in [7, 11) is 3.39. The first-order valence-corrected chi connectivity index (χ1v) is 7.48. The molecule has 1 aromatic carbocycles. The molecule has 0 aliphatic carbocycles. The van der Waals surface area contributed by atoms with Crippen LogP contribution in [0, 0.1) is 6.92 Å². The lowest BCUT2D eigenvalue weighted by Gasteiger charge is -2.13. The normalized spacial score (nSPS) is 11.2. The number of hydrogen-bond acceptors (Lipinski definition) is 2. The second-order valence-corrected chi connectivity index (χ2v) is 5.70. The lowest BCUT2D eigenvalue weighted by Crippen LogP contribution is -1.96. The Morgan fingerprint density at radius 2 is 1.76 bits per heavy atom. The Hall–Kier alpha value is -1.70. The van der Waals surface area contributed by atoms with Gasteiger partial charge in [0, 0.05) is 11.6 Å². The molecule has 21 heavy (non-hydrogen) atoms. The van der Waals surface area contributed by atoms with Crippen LogP contribution in [-0.4, -0.2) is 14.2 Å². The second-order valence-electron chi connectivity index (χ2n) is 5.70. The van der Waals surface area contributed by atoms with Gasteiger partial charge >= 0.3 is 0 Å². The molecule has 0 unspecified atom stereocenters. The SMILES string of the molecule is COc1cc(C)c(C/C=C(\C)CCC=C(C)C)c(OC)c1. The Bertz CT molecular complexity index is 521. The molecule has 0 saturated heterocycles. The Kier molecular flexibility index (Phi) is 7.07. The summed E-state index contributed by atoms with van der Waals surface area (Å²) in [5, 5.41) is 0. The first-order valence-electron chi connectivity index (χ1n) is 7.48. The van der Waals surface area contributed by atoms with E-state index in [2.05, 4.69) is 45.9 Å². The highest BCUT2D eigenvalue weighted by molar-refractivity contribution is 5.47. The fourth-order valence-corrected chi connectivity index (χ4v) is 2.28. The molecule has 0 heterocycles. The fourth-order valence-electron chi connectivity index (χ4n) is 2.28. The topological polar surface area (TPSA) is 18.5 Å². The molecule has 1 rings (SSSR count). The average molecular weight is 288 g/mol. The molecule has 0 N–H and O–H groups in total. The first-order chi connectivity index (χ1) is 9.97. The molecular formula is C19H28O2. The van der Waals surface area contributed by atoms with Crippen molar-refractivity contribution in [1.82, 2.24) is 0 Å². The third-order valence-corrected chi connectivity index (χ3v) is 3.61. The smallest absolute Gasteiger partial charge is 0.126 e. The summed E-state index contributed by atoms with van der Waals surface area (Å²) >= 11 is 0. The van der Waals surface area contributed by atoms with Crippen LogP contribution in [0.4, 0.5) is 0 Å². The van der Waals surface area contributed by atoms with Gasteiger partial charge in [-0.05, 0) is 58.6 Å². The Labute approximate surface area is 129 Å². The van der Waals surface area contributed by atoms with E-state index < -0.39 is 0 Å². The maximum absolute atomic E-state index is 5.49. The Morgan fingerprint density at radius 3 is 2.33 bits per heavy atom. The highest BCUT2D eigenvalue weighted by atomic mass is 16.5. The summed E-state index contributed by atoms with van der Waals surface area (Å²) in [5.74, 6) is 1.75. The molecular weight excluding hydrogens is 260 g/mol. The molecule has 1 aromatic rings. The molecule has 2 heteroatoms. The number of ether oxygens (including phenoxy) is 2. The fraction of sp³-hybridized carbons (Fsp3) is 0.474. The maximum Gasteiger partial charge on any atom is 0.126 e. The van der Waals surface area contributed by atoms with Gasteiger partial charge in [-0.15, -0.1) is 0 Å². The molecule has 0 atom stereocenters. The van der Waals surface area contributed by atoms with Crippen molar-refractivity contribution >= 4 is 0 Å². The third kappa shape index (κ3) is 5.66. The zero-order valence-electron chi connectivity index (χ0n) is 14.2. The van der Waals surface area contributed by atoms with Gasteiger partial charge in [-0.25, -0.2) is 0 Å². The number of rotatable bonds is 7. The third-order valence-electron chi connectivity index (χ3n) is 3.61. The quantitative estimate of drug-likeness (QED) is 0.638. The summed E-state index contributed by atoms with van der Waals surface area (Å²) in [4.78, 5) is 0. The van der Waals surface area contributed by atoms with Crippen molar-refractivity contribution < 1.29 is 9.47 Å². The van der Waals surface area contributed by atoms with Crippen molar-refractivity contribution in [2.45, 2.75) is 47.0 Å². The van der Waals surface area contributed by atoms with Gasteiger partial charge in [-0.3, -0.25) is 0 Å². The number of hydrogen-bond donors (Lipinski definition) is 0. The maximum atomic E-state index is 5.49. The standard InChI is InChI=1S/C19H28O2/c1-14(2)8-7-9-15(3)10-11-18-16(4)12-17(20-5)13-19(18)21-6/h8,10,12-13H,7,9,11H2,1-6H3/b15-10+. The van der Waals surface area contributed by atoms with Gasteiger partial charge in [-0.2, -0.15) is 0 Å². The molecule has 2 nitrogen and oxygen atoms in total. The molecule has 0 bridgehead atoms. The summed E-state index contributed by atoms with van der Waals surface area (Å²) in [6, 6.07) is 4.01. The van der Waals surface area contributed by atoms with Crippen LogP contribution in [0.2, 0.25) is 0 Å². The molecule has 0 fully saturated rings. The summed E-state index contributed by atoms with van der Waals surface area (Å²) in [6.07, 6.45) is 7.72. The molecule has 0 amide bonds. The average Bonchev–Trinajstić information content (AvgIpc) is 2.44. The summed E-state index contributed by atoms with van der Waals surface area (Å²) < 4.78 is 10.8. The van der Waals surface area contributed by atoms with E-state index in [0.29, 0.717) is 0 Å². The van der Waals surface area contributed by atoms with E-state index >= 15 is 0 Å². The van der Waals surface area contributed by atoms with Gasteiger partial charge in [0.15, 0.2) is 0 Å². The predicted molar refractivity (Wildman–Crippen MR) is 90.4 cm³/mol. The lowest BCUT2D eigenvalue weighted by molar-refractivity contribution is 0.391. The van der Waals surface area contributed by atoms with E-state index in [4.69, 9.17) is 9.47 Å². The van der Waals surface area contributed by atoms with Gasteiger partial charge in [0.05, 0.1) is 14.2 Å². The molecule has 0 saturated carbocycles. The number of benzene rings is 1. The van der Waals surface area contributed by atoms with Gasteiger partial charge in [0.1, 0.15) is 11.5 Å². The van der Waals surface area contributed by atoms with Crippen LogP contribution in [0.25, 0.3) is 0 Å². The lowest BCUT2D eigenvalue weighted by atomic mass is 10.0. The minimum Gasteiger partial charge on any atom is -0.497 e.